The molecule has 17 heavy (non-hydrogen) atoms. The van der Waals surface area contributed by atoms with Crippen LogP contribution >= 0.6 is 0 Å². The molecule has 0 amide bonds. The lowest BCUT2D eigenvalue weighted by molar-refractivity contribution is 0.538. The number of benzene rings is 1. The number of rotatable bonds is 3. The average Bonchev–Trinajstić information content (AvgIpc) is 2.36. The number of aryl methyl sites for hydroxylation is 1. The van der Waals surface area contributed by atoms with Gasteiger partial charge in [-0.1, -0.05) is 26.0 Å². The second kappa shape index (κ2) is 4.80. The van der Waals surface area contributed by atoms with Gasteiger partial charge in [-0.15, -0.1) is 0 Å². The minimum absolute atomic E-state index is 0.143. The van der Waals surface area contributed by atoms with E-state index < -0.39 is 0 Å². The highest BCUT2D eigenvalue weighted by Crippen LogP contribution is 2.22. The van der Waals surface area contributed by atoms with E-state index in [0.717, 1.165) is 28.8 Å². The summed E-state index contributed by atoms with van der Waals surface area (Å²) < 4.78 is 0. The van der Waals surface area contributed by atoms with E-state index in [0.29, 0.717) is 0 Å². The van der Waals surface area contributed by atoms with Gasteiger partial charge in [0.05, 0.1) is 22.4 Å². The van der Waals surface area contributed by atoms with E-state index in [2.05, 4.69) is 18.8 Å². The van der Waals surface area contributed by atoms with Crippen LogP contribution < -0.4 is 5.73 Å². The first-order valence-electron chi connectivity index (χ1n) is 6.12. The van der Waals surface area contributed by atoms with Gasteiger partial charge in [0.2, 0.25) is 0 Å². The predicted octanol–water partition coefficient (Wildman–Crippen LogP) is 2.78. The molecule has 3 nitrogen and oxygen atoms in total. The molecule has 1 aromatic heterocycles. The van der Waals surface area contributed by atoms with Crippen molar-refractivity contribution in [1.29, 1.82) is 0 Å². The first-order chi connectivity index (χ1) is 8.13. The van der Waals surface area contributed by atoms with Crippen LogP contribution in [0.1, 0.15) is 37.6 Å². The van der Waals surface area contributed by atoms with E-state index in [4.69, 9.17) is 10.7 Å². The number of nitrogens with zero attached hydrogens (tertiary/aromatic N) is 2. The van der Waals surface area contributed by atoms with Crippen LogP contribution in [0.5, 0.6) is 0 Å². The molecule has 0 spiro atoms. The Labute approximate surface area is 102 Å². The van der Waals surface area contributed by atoms with Crippen LogP contribution in [0.25, 0.3) is 11.0 Å². The van der Waals surface area contributed by atoms with E-state index in [1.807, 2.05) is 31.2 Å². The van der Waals surface area contributed by atoms with Crippen molar-refractivity contribution in [3.63, 3.8) is 0 Å². The molecule has 2 unspecified atom stereocenters. The highest BCUT2D eigenvalue weighted by molar-refractivity contribution is 5.74. The van der Waals surface area contributed by atoms with Gasteiger partial charge in [0, 0.05) is 12.0 Å². The predicted molar refractivity (Wildman–Crippen MR) is 71.0 cm³/mol. The van der Waals surface area contributed by atoms with Crippen LogP contribution in [0.3, 0.4) is 0 Å². The Balaban J connectivity index is 2.50. The zero-order valence-corrected chi connectivity index (χ0v) is 10.6. The van der Waals surface area contributed by atoms with Crippen molar-refractivity contribution in [3.05, 3.63) is 35.7 Å². The van der Waals surface area contributed by atoms with Crippen LogP contribution in [0.15, 0.2) is 24.3 Å². The largest absolute Gasteiger partial charge is 0.327 e. The van der Waals surface area contributed by atoms with E-state index in [9.17, 15) is 0 Å². The van der Waals surface area contributed by atoms with Crippen LogP contribution in [0.4, 0.5) is 0 Å². The van der Waals surface area contributed by atoms with Gasteiger partial charge < -0.3 is 5.73 Å². The average molecular weight is 229 g/mol. The van der Waals surface area contributed by atoms with Crippen molar-refractivity contribution in [1.82, 2.24) is 9.97 Å². The summed E-state index contributed by atoms with van der Waals surface area (Å²) in [6, 6.07) is 8.10. The van der Waals surface area contributed by atoms with Crippen LogP contribution in [0, 0.1) is 6.92 Å². The van der Waals surface area contributed by atoms with Gasteiger partial charge in [-0.2, -0.15) is 0 Å². The fourth-order valence-corrected chi connectivity index (χ4v) is 2.09. The molecule has 0 aliphatic heterocycles. The van der Waals surface area contributed by atoms with Crippen molar-refractivity contribution < 1.29 is 0 Å². The molecule has 90 valence electrons. The summed E-state index contributed by atoms with van der Waals surface area (Å²) in [5, 5.41) is 0. The Bertz CT molecular complexity index is 522. The number of hydrogen-bond acceptors (Lipinski definition) is 3. The smallest absolute Gasteiger partial charge is 0.0890 e. The summed E-state index contributed by atoms with van der Waals surface area (Å²) in [4.78, 5) is 9.30. The van der Waals surface area contributed by atoms with Gasteiger partial charge in [-0.3, -0.25) is 0 Å². The molecule has 0 saturated carbocycles. The Morgan fingerprint density at radius 2 is 1.76 bits per heavy atom. The van der Waals surface area contributed by atoms with Crippen molar-refractivity contribution >= 4 is 11.0 Å². The highest BCUT2D eigenvalue weighted by Gasteiger charge is 2.18. The molecule has 0 radical (unpaired) electrons. The third-order valence-electron chi connectivity index (χ3n) is 3.33. The van der Waals surface area contributed by atoms with Crippen LogP contribution in [-0.4, -0.2) is 16.0 Å². The number of fused-ring (bicyclic) bond motifs is 1. The van der Waals surface area contributed by atoms with Gasteiger partial charge in [0.25, 0.3) is 0 Å². The Kier molecular flexibility index (Phi) is 3.38. The van der Waals surface area contributed by atoms with E-state index >= 15 is 0 Å². The van der Waals surface area contributed by atoms with E-state index in [-0.39, 0.29) is 12.0 Å². The zero-order valence-electron chi connectivity index (χ0n) is 10.6. The van der Waals surface area contributed by atoms with Gasteiger partial charge in [-0.05, 0) is 25.5 Å². The van der Waals surface area contributed by atoms with Gasteiger partial charge in [-0.25, -0.2) is 9.97 Å². The van der Waals surface area contributed by atoms with Gasteiger partial charge >= 0.3 is 0 Å². The summed E-state index contributed by atoms with van der Waals surface area (Å²) in [5.74, 6) is 0.247. The van der Waals surface area contributed by atoms with Crippen LogP contribution in [-0.2, 0) is 0 Å². The van der Waals surface area contributed by atoms with E-state index in [1.54, 1.807) is 0 Å². The second-order valence-corrected chi connectivity index (χ2v) is 4.54. The Morgan fingerprint density at radius 3 is 2.35 bits per heavy atom. The maximum atomic E-state index is 6.09. The summed E-state index contributed by atoms with van der Waals surface area (Å²) in [7, 11) is 0. The summed E-state index contributed by atoms with van der Waals surface area (Å²) in [6.07, 6.45) is 0.953. The summed E-state index contributed by atoms with van der Waals surface area (Å²) >= 11 is 0. The molecule has 2 aromatic rings. The lowest BCUT2D eigenvalue weighted by Gasteiger charge is -2.19. The molecule has 2 atom stereocenters. The van der Waals surface area contributed by atoms with Gasteiger partial charge in [0.1, 0.15) is 0 Å². The first kappa shape index (κ1) is 12.0. The Morgan fingerprint density at radius 1 is 1.18 bits per heavy atom. The molecule has 0 fully saturated rings. The quantitative estimate of drug-likeness (QED) is 0.880. The third kappa shape index (κ3) is 2.29. The SMILES string of the molecule is CCC(N)C(C)c1nc2ccccc2nc1C. The standard InChI is InChI=1S/C14H19N3/c1-4-11(15)9(2)14-10(3)16-12-7-5-6-8-13(12)17-14/h5-9,11H,4,15H2,1-3H3. The molecule has 1 aromatic carbocycles. The lowest BCUT2D eigenvalue weighted by atomic mass is 9.95. The van der Waals surface area contributed by atoms with Gasteiger partial charge in [0.15, 0.2) is 0 Å². The molecular formula is C14H19N3. The molecule has 0 bridgehead atoms. The van der Waals surface area contributed by atoms with Crippen molar-refractivity contribution in [3.8, 4) is 0 Å². The Hall–Kier alpha value is -1.48. The summed E-state index contributed by atoms with van der Waals surface area (Å²) in [5.41, 5.74) is 10.0. The minimum atomic E-state index is 0.143. The van der Waals surface area contributed by atoms with Crippen molar-refractivity contribution in [2.75, 3.05) is 0 Å². The van der Waals surface area contributed by atoms with Crippen LogP contribution in [0.2, 0.25) is 0 Å². The molecule has 2 rings (SSSR count). The molecule has 1 heterocycles. The highest BCUT2D eigenvalue weighted by atomic mass is 14.8. The molecular weight excluding hydrogens is 210 g/mol. The second-order valence-electron chi connectivity index (χ2n) is 4.54. The van der Waals surface area contributed by atoms with Crippen molar-refractivity contribution in [2.45, 2.75) is 39.2 Å². The first-order valence-corrected chi connectivity index (χ1v) is 6.12. The normalized spacial score (nSPS) is 14.8. The lowest BCUT2D eigenvalue weighted by Crippen LogP contribution is -2.27. The number of hydrogen-bond donors (Lipinski definition) is 1. The number of nitrogens with two attached hydrogens (primary N) is 1. The zero-order chi connectivity index (χ0) is 12.4. The van der Waals surface area contributed by atoms with Crippen molar-refractivity contribution in [2.24, 2.45) is 5.73 Å². The fraction of sp³-hybridized carbons (Fsp3) is 0.429. The molecule has 0 aliphatic carbocycles. The molecule has 2 N–H and O–H groups in total. The molecule has 3 heteroatoms. The number of para-hydroxylation sites is 2. The minimum Gasteiger partial charge on any atom is -0.327 e. The third-order valence-corrected chi connectivity index (χ3v) is 3.33. The monoisotopic (exact) mass is 229 g/mol. The molecule has 0 saturated heterocycles. The van der Waals surface area contributed by atoms with E-state index in [1.165, 1.54) is 0 Å². The maximum Gasteiger partial charge on any atom is 0.0890 e. The molecule has 0 aliphatic rings. The summed E-state index contributed by atoms with van der Waals surface area (Å²) in [6.45, 7) is 6.23. The fourth-order valence-electron chi connectivity index (χ4n) is 2.09. The maximum absolute atomic E-state index is 6.09. The number of aromatic nitrogens is 2. The topological polar surface area (TPSA) is 51.8 Å².